The first-order valence-corrected chi connectivity index (χ1v) is 6.31. The number of carbonyl (C=O) groups excluding carboxylic acids is 2. The molecule has 2 rings (SSSR count). The Labute approximate surface area is 117 Å². The third-order valence-electron chi connectivity index (χ3n) is 2.46. The summed E-state index contributed by atoms with van der Waals surface area (Å²) in [5, 5.41) is 21.2. The van der Waals surface area contributed by atoms with Gasteiger partial charge >= 0.3 is 12.0 Å². The monoisotopic (exact) mass is 298 g/mol. The minimum atomic E-state index is -1.55. The molecule has 20 heavy (non-hydrogen) atoms. The molecule has 2 aliphatic rings. The lowest BCUT2D eigenvalue weighted by molar-refractivity contribution is -0.147. The molecule has 0 saturated heterocycles. The van der Waals surface area contributed by atoms with E-state index in [0.29, 0.717) is 0 Å². The van der Waals surface area contributed by atoms with Gasteiger partial charge in [-0.1, -0.05) is 11.8 Å². The first-order chi connectivity index (χ1) is 9.41. The molecule has 10 nitrogen and oxygen atoms in total. The van der Waals surface area contributed by atoms with E-state index in [2.05, 4.69) is 15.6 Å². The predicted octanol–water partition coefficient (Wildman–Crippen LogP) is -1.05. The number of hydrogen-bond acceptors (Lipinski definition) is 8. The van der Waals surface area contributed by atoms with Crippen molar-refractivity contribution in [1.29, 1.82) is 5.41 Å². The Morgan fingerprint density at radius 1 is 1.55 bits per heavy atom. The molecule has 0 aromatic heterocycles. The molecule has 0 spiro atoms. The second-order valence-corrected chi connectivity index (χ2v) is 4.78. The number of aliphatic imine (C=N–C) groups is 1. The fraction of sp³-hybridized carbons (Fsp3) is 0.333. The van der Waals surface area contributed by atoms with Crippen LogP contribution in [0.5, 0.6) is 0 Å². The number of carboxylic acid groups (broad SMARTS) is 1. The van der Waals surface area contributed by atoms with E-state index in [1.807, 2.05) is 0 Å². The van der Waals surface area contributed by atoms with Crippen molar-refractivity contribution in [3.8, 4) is 0 Å². The Bertz CT molecular complexity index is 571. The zero-order valence-corrected chi connectivity index (χ0v) is 11.1. The summed E-state index contributed by atoms with van der Waals surface area (Å²) in [6.45, 7) is 0.0365. The zero-order chi connectivity index (χ0) is 14.9. The molecular formula is C9H10N6O4S. The number of rotatable bonds is 4. The van der Waals surface area contributed by atoms with Gasteiger partial charge in [0.25, 0.3) is 0 Å². The van der Waals surface area contributed by atoms with Gasteiger partial charge in [-0.05, 0) is 0 Å². The molecule has 0 bridgehead atoms. The summed E-state index contributed by atoms with van der Waals surface area (Å²) in [6, 6.07) is -0.367. The Morgan fingerprint density at radius 2 is 2.25 bits per heavy atom. The van der Waals surface area contributed by atoms with Crippen LogP contribution >= 0.6 is 11.8 Å². The van der Waals surface area contributed by atoms with Crippen LogP contribution in [0.25, 0.3) is 0 Å². The van der Waals surface area contributed by atoms with Crippen molar-refractivity contribution in [3.05, 3.63) is 0 Å². The van der Waals surface area contributed by atoms with E-state index >= 15 is 0 Å². The van der Waals surface area contributed by atoms with Gasteiger partial charge in [0.1, 0.15) is 17.4 Å². The molecule has 0 fully saturated rings. The van der Waals surface area contributed by atoms with E-state index in [1.165, 1.54) is 11.9 Å². The molecule has 0 saturated carbocycles. The van der Waals surface area contributed by atoms with E-state index < -0.39 is 11.8 Å². The van der Waals surface area contributed by atoms with Crippen LogP contribution in [-0.4, -0.2) is 68.9 Å². The highest BCUT2D eigenvalue weighted by Crippen LogP contribution is 2.15. The van der Waals surface area contributed by atoms with Crippen LogP contribution in [0.2, 0.25) is 0 Å². The molecule has 0 radical (unpaired) electrons. The molecule has 0 unspecified atom stereocenters. The van der Waals surface area contributed by atoms with Gasteiger partial charge in [-0.25, -0.2) is 20.1 Å². The van der Waals surface area contributed by atoms with E-state index in [1.54, 1.807) is 0 Å². The number of thioether (sulfide) groups is 1. The number of fused-ring (bicyclic) bond motifs is 1. The van der Waals surface area contributed by atoms with Crippen molar-refractivity contribution in [2.75, 3.05) is 19.5 Å². The Morgan fingerprint density at radius 3 is 2.90 bits per heavy atom. The van der Waals surface area contributed by atoms with Crippen LogP contribution in [0, 0.1) is 5.41 Å². The van der Waals surface area contributed by atoms with Crippen LogP contribution in [0.4, 0.5) is 4.79 Å². The van der Waals surface area contributed by atoms with Crippen molar-refractivity contribution in [2.24, 2.45) is 10.1 Å². The number of nitrogens with one attached hydrogen (secondary N) is 2. The van der Waals surface area contributed by atoms with Crippen molar-refractivity contribution in [1.82, 2.24) is 15.4 Å². The van der Waals surface area contributed by atoms with E-state index in [9.17, 15) is 14.4 Å². The first-order valence-electron chi connectivity index (χ1n) is 5.33. The Balaban J connectivity index is 2.04. The first kappa shape index (κ1) is 14.0. The van der Waals surface area contributed by atoms with E-state index in [4.69, 9.17) is 10.5 Å². The molecule has 106 valence electrons. The van der Waals surface area contributed by atoms with E-state index in [0.717, 1.165) is 16.8 Å². The van der Waals surface area contributed by atoms with Crippen molar-refractivity contribution in [3.63, 3.8) is 0 Å². The molecule has 2 heterocycles. The molecule has 11 heteroatoms. The lowest BCUT2D eigenvalue weighted by atomic mass is 10.3. The summed E-state index contributed by atoms with van der Waals surface area (Å²) >= 11 is 0.730. The van der Waals surface area contributed by atoms with Crippen molar-refractivity contribution < 1.29 is 19.5 Å². The van der Waals surface area contributed by atoms with Gasteiger partial charge in [0.15, 0.2) is 5.84 Å². The lowest BCUT2D eigenvalue weighted by Gasteiger charge is -2.28. The minimum absolute atomic E-state index is 0.0365. The second-order valence-electron chi connectivity index (χ2n) is 3.80. The fourth-order valence-electron chi connectivity index (χ4n) is 1.46. The number of carboxylic acids is 1. The number of Topliss-reactive ketones (excluding diaryl/α,β-unsaturated/α-hetero) is 1. The quantitative estimate of drug-likeness (QED) is 0.344. The predicted molar refractivity (Wildman–Crippen MR) is 70.7 cm³/mol. The third-order valence-corrected chi connectivity index (χ3v) is 3.35. The maximum atomic E-state index is 11.8. The Kier molecular flexibility index (Phi) is 3.70. The number of hydrazone groups is 1. The highest BCUT2D eigenvalue weighted by atomic mass is 32.2. The fourth-order valence-corrected chi connectivity index (χ4v) is 2.15. The van der Waals surface area contributed by atoms with Crippen LogP contribution in [0.3, 0.4) is 0 Å². The number of nitrogens with zero attached hydrogens (tertiary/aromatic N) is 4. The third kappa shape index (κ3) is 2.47. The van der Waals surface area contributed by atoms with Gasteiger partial charge in [0.05, 0.1) is 5.75 Å². The highest BCUT2D eigenvalue weighted by molar-refractivity contribution is 8.16. The summed E-state index contributed by atoms with van der Waals surface area (Å²) in [7, 11) is 1.49. The number of aliphatic carboxylic acids is 1. The molecule has 2 aliphatic heterocycles. The normalized spacial score (nSPS) is 17.1. The standard InChI is InChI=1S/C9H10N6O4S/c1-14-9(19)15-3-11-5(7(15)12-13-14)6(10)20-2-4(16)8(17)18/h10,13H,2-3H2,1H3,(H,17,18). The number of amides is 2. The topological polar surface area (TPSA) is 139 Å². The van der Waals surface area contributed by atoms with Crippen molar-refractivity contribution in [2.45, 2.75) is 0 Å². The largest absolute Gasteiger partial charge is 0.475 e. The average molecular weight is 298 g/mol. The van der Waals surface area contributed by atoms with Gasteiger partial charge in [-0.3, -0.25) is 20.1 Å². The zero-order valence-electron chi connectivity index (χ0n) is 10.3. The second kappa shape index (κ2) is 5.28. The summed E-state index contributed by atoms with van der Waals surface area (Å²) in [6.07, 6.45) is 0. The molecule has 0 aromatic carbocycles. The maximum Gasteiger partial charge on any atom is 0.373 e. The molecule has 0 atom stereocenters. The Hall–Kier alpha value is -2.43. The van der Waals surface area contributed by atoms with Gasteiger partial charge < -0.3 is 5.11 Å². The van der Waals surface area contributed by atoms with Gasteiger partial charge in [0, 0.05) is 7.05 Å². The number of amidine groups is 1. The highest BCUT2D eigenvalue weighted by Gasteiger charge is 2.36. The van der Waals surface area contributed by atoms with Crippen LogP contribution in [-0.2, 0) is 9.59 Å². The molecular weight excluding hydrogens is 288 g/mol. The molecule has 0 aromatic rings. The summed E-state index contributed by atoms with van der Waals surface area (Å²) in [5.41, 5.74) is 2.61. The summed E-state index contributed by atoms with van der Waals surface area (Å²) in [5.74, 6) is -2.74. The molecule has 0 aliphatic carbocycles. The lowest BCUT2D eigenvalue weighted by Crippen LogP contribution is -2.53. The summed E-state index contributed by atoms with van der Waals surface area (Å²) in [4.78, 5) is 38.4. The van der Waals surface area contributed by atoms with Crippen LogP contribution in [0.15, 0.2) is 10.1 Å². The number of hydrazine groups is 1. The number of ketones is 1. The minimum Gasteiger partial charge on any atom is -0.475 e. The van der Waals surface area contributed by atoms with Crippen LogP contribution < -0.4 is 5.53 Å². The molecule has 3 N–H and O–H groups in total. The summed E-state index contributed by atoms with van der Waals surface area (Å²) < 4.78 is 0. The van der Waals surface area contributed by atoms with Gasteiger partial charge in [0.2, 0.25) is 5.78 Å². The number of urea groups is 1. The van der Waals surface area contributed by atoms with Gasteiger partial charge in [-0.15, -0.1) is 5.10 Å². The smallest absolute Gasteiger partial charge is 0.373 e. The SMILES string of the molecule is CN1NN=C2C(C(=N)SCC(=O)C(=O)O)=NCN2C1=O. The maximum absolute atomic E-state index is 11.8. The molecule has 2 amide bonds. The van der Waals surface area contributed by atoms with Gasteiger partial charge in [-0.2, -0.15) is 0 Å². The number of carbonyl (C=O) groups is 3. The van der Waals surface area contributed by atoms with Crippen molar-refractivity contribution >= 4 is 46.1 Å². The van der Waals surface area contributed by atoms with Crippen LogP contribution in [0.1, 0.15) is 0 Å². The average Bonchev–Trinajstić information content (AvgIpc) is 2.84. The van der Waals surface area contributed by atoms with E-state index in [-0.39, 0.29) is 35.0 Å². The number of hydrogen-bond donors (Lipinski definition) is 3.